The van der Waals surface area contributed by atoms with Gasteiger partial charge in [0.25, 0.3) is 0 Å². The molecule has 0 bridgehead atoms. The molecule has 0 fully saturated rings. The molecule has 12 heavy (non-hydrogen) atoms. The summed E-state index contributed by atoms with van der Waals surface area (Å²) in [5.74, 6) is 0.452. The Kier molecular flexibility index (Phi) is 3.17. The van der Waals surface area contributed by atoms with Crippen molar-refractivity contribution in [2.75, 3.05) is 12.3 Å². The van der Waals surface area contributed by atoms with Gasteiger partial charge in [-0.1, -0.05) is 18.5 Å². The number of ether oxygens (including phenoxy) is 1. The van der Waals surface area contributed by atoms with Crippen LogP contribution in [-0.2, 0) is 0 Å². The number of anilines is 1. The minimum atomic E-state index is 0.452. The number of hydrogen-bond donors (Lipinski definition) is 1. The lowest BCUT2D eigenvalue weighted by Crippen LogP contribution is -1.98. The first kappa shape index (κ1) is 9.13. The first-order valence-electron chi connectivity index (χ1n) is 3.78. The quantitative estimate of drug-likeness (QED) is 0.787. The van der Waals surface area contributed by atoms with Crippen LogP contribution in [-0.4, -0.2) is 11.6 Å². The minimum absolute atomic E-state index is 0.452. The Hall–Kier alpha value is -0.960. The van der Waals surface area contributed by atoms with Crippen molar-refractivity contribution >= 4 is 17.3 Å². The SMILES string of the molecule is CCCOc1ncc(N)cc1Cl. The van der Waals surface area contributed by atoms with E-state index in [9.17, 15) is 0 Å². The van der Waals surface area contributed by atoms with Gasteiger partial charge in [0, 0.05) is 0 Å². The second-order valence-corrected chi connectivity index (χ2v) is 2.81. The lowest BCUT2D eigenvalue weighted by molar-refractivity contribution is 0.305. The van der Waals surface area contributed by atoms with Gasteiger partial charge in [-0.05, 0) is 12.5 Å². The maximum absolute atomic E-state index is 5.80. The molecule has 0 aliphatic heterocycles. The molecule has 0 saturated heterocycles. The van der Waals surface area contributed by atoms with Gasteiger partial charge in [-0.2, -0.15) is 0 Å². The Morgan fingerprint density at radius 1 is 1.67 bits per heavy atom. The van der Waals surface area contributed by atoms with Crippen LogP contribution in [0.1, 0.15) is 13.3 Å². The topological polar surface area (TPSA) is 48.1 Å². The van der Waals surface area contributed by atoms with Gasteiger partial charge in [-0.25, -0.2) is 4.98 Å². The van der Waals surface area contributed by atoms with Crippen LogP contribution < -0.4 is 10.5 Å². The van der Waals surface area contributed by atoms with Gasteiger partial charge in [0.2, 0.25) is 5.88 Å². The Morgan fingerprint density at radius 2 is 2.42 bits per heavy atom. The van der Waals surface area contributed by atoms with E-state index in [0.29, 0.717) is 23.2 Å². The highest BCUT2D eigenvalue weighted by Gasteiger charge is 2.01. The molecule has 0 radical (unpaired) electrons. The van der Waals surface area contributed by atoms with Gasteiger partial charge in [0.15, 0.2) is 0 Å². The van der Waals surface area contributed by atoms with Crippen molar-refractivity contribution < 1.29 is 4.74 Å². The number of rotatable bonds is 3. The van der Waals surface area contributed by atoms with E-state index in [0.717, 1.165) is 6.42 Å². The average molecular weight is 187 g/mol. The maximum atomic E-state index is 5.80. The van der Waals surface area contributed by atoms with Crippen molar-refractivity contribution in [1.29, 1.82) is 0 Å². The summed E-state index contributed by atoms with van der Waals surface area (Å²) in [4.78, 5) is 3.94. The van der Waals surface area contributed by atoms with Crippen LogP contribution in [0, 0.1) is 0 Å². The average Bonchev–Trinajstić information content (AvgIpc) is 2.03. The smallest absolute Gasteiger partial charge is 0.232 e. The van der Waals surface area contributed by atoms with Gasteiger partial charge in [-0.15, -0.1) is 0 Å². The Labute approximate surface area is 76.5 Å². The summed E-state index contributed by atoms with van der Waals surface area (Å²) in [5.41, 5.74) is 6.00. The Balaban J connectivity index is 2.72. The van der Waals surface area contributed by atoms with Crippen molar-refractivity contribution in [2.24, 2.45) is 0 Å². The van der Waals surface area contributed by atoms with Crippen molar-refractivity contribution in [3.05, 3.63) is 17.3 Å². The number of halogens is 1. The normalized spacial score (nSPS) is 9.83. The predicted molar refractivity (Wildman–Crippen MR) is 49.4 cm³/mol. The molecular weight excluding hydrogens is 176 g/mol. The summed E-state index contributed by atoms with van der Waals surface area (Å²) < 4.78 is 5.24. The molecule has 0 amide bonds. The van der Waals surface area contributed by atoms with E-state index in [1.165, 1.54) is 6.20 Å². The second-order valence-electron chi connectivity index (χ2n) is 2.40. The maximum Gasteiger partial charge on any atom is 0.232 e. The van der Waals surface area contributed by atoms with Crippen molar-refractivity contribution in [3.63, 3.8) is 0 Å². The lowest BCUT2D eigenvalue weighted by Gasteiger charge is -2.04. The zero-order valence-electron chi connectivity index (χ0n) is 6.88. The van der Waals surface area contributed by atoms with Gasteiger partial charge < -0.3 is 10.5 Å². The first-order chi connectivity index (χ1) is 5.74. The molecule has 0 aromatic carbocycles. The molecule has 0 unspecified atom stereocenters. The van der Waals surface area contributed by atoms with E-state index >= 15 is 0 Å². The van der Waals surface area contributed by atoms with E-state index in [1.807, 2.05) is 6.92 Å². The molecule has 0 aliphatic rings. The van der Waals surface area contributed by atoms with E-state index in [4.69, 9.17) is 22.1 Å². The van der Waals surface area contributed by atoms with Crippen molar-refractivity contribution in [1.82, 2.24) is 4.98 Å². The summed E-state index contributed by atoms with van der Waals surface area (Å²) in [6.07, 6.45) is 2.46. The Morgan fingerprint density at radius 3 is 3.00 bits per heavy atom. The van der Waals surface area contributed by atoms with Crippen LogP contribution in [0.3, 0.4) is 0 Å². The summed E-state index contributed by atoms with van der Waals surface area (Å²) in [7, 11) is 0. The summed E-state index contributed by atoms with van der Waals surface area (Å²) >= 11 is 5.80. The van der Waals surface area contributed by atoms with E-state index in [-0.39, 0.29) is 0 Å². The van der Waals surface area contributed by atoms with Crippen LogP contribution >= 0.6 is 11.6 Å². The van der Waals surface area contributed by atoms with Crippen LogP contribution in [0.15, 0.2) is 12.3 Å². The Bertz CT molecular complexity index is 265. The van der Waals surface area contributed by atoms with E-state index in [2.05, 4.69) is 4.98 Å². The highest BCUT2D eigenvalue weighted by molar-refractivity contribution is 6.32. The fourth-order valence-electron chi connectivity index (χ4n) is 0.745. The number of pyridine rings is 1. The molecule has 0 aliphatic carbocycles. The summed E-state index contributed by atoms with van der Waals surface area (Å²) in [6.45, 7) is 2.64. The molecule has 4 heteroatoms. The molecule has 3 nitrogen and oxygen atoms in total. The summed E-state index contributed by atoms with van der Waals surface area (Å²) in [6, 6.07) is 1.62. The number of aromatic nitrogens is 1. The van der Waals surface area contributed by atoms with Crippen molar-refractivity contribution in [3.8, 4) is 5.88 Å². The largest absolute Gasteiger partial charge is 0.477 e. The van der Waals surface area contributed by atoms with Gasteiger partial charge in [0.1, 0.15) is 5.02 Å². The highest BCUT2D eigenvalue weighted by atomic mass is 35.5. The number of nitrogen functional groups attached to an aromatic ring is 1. The third kappa shape index (κ3) is 2.27. The van der Waals surface area contributed by atoms with Crippen LogP contribution in [0.2, 0.25) is 5.02 Å². The highest BCUT2D eigenvalue weighted by Crippen LogP contribution is 2.23. The molecule has 0 saturated carbocycles. The zero-order chi connectivity index (χ0) is 8.97. The molecule has 1 heterocycles. The third-order valence-electron chi connectivity index (χ3n) is 1.27. The number of hydrogen-bond acceptors (Lipinski definition) is 3. The summed E-state index contributed by atoms with van der Waals surface area (Å²) in [5, 5.41) is 0.462. The fraction of sp³-hybridized carbons (Fsp3) is 0.375. The second kappa shape index (κ2) is 4.16. The number of nitrogens with two attached hydrogens (primary N) is 1. The van der Waals surface area contributed by atoms with E-state index in [1.54, 1.807) is 6.07 Å². The molecular formula is C8H11ClN2O. The zero-order valence-corrected chi connectivity index (χ0v) is 7.64. The fourth-order valence-corrected chi connectivity index (χ4v) is 0.974. The molecule has 1 aromatic heterocycles. The van der Waals surface area contributed by atoms with Gasteiger partial charge in [-0.3, -0.25) is 0 Å². The van der Waals surface area contributed by atoms with Crippen LogP contribution in [0.25, 0.3) is 0 Å². The third-order valence-corrected chi connectivity index (χ3v) is 1.54. The van der Waals surface area contributed by atoms with E-state index < -0.39 is 0 Å². The minimum Gasteiger partial charge on any atom is -0.477 e. The van der Waals surface area contributed by atoms with Crippen molar-refractivity contribution in [2.45, 2.75) is 13.3 Å². The first-order valence-corrected chi connectivity index (χ1v) is 4.15. The monoisotopic (exact) mass is 186 g/mol. The standard InChI is InChI=1S/C8H11ClN2O/c1-2-3-12-8-7(9)4-6(10)5-11-8/h4-5H,2-3,10H2,1H3. The van der Waals surface area contributed by atoms with Gasteiger partial charge in [0.05, 0.1) is 18.5 Å². The molecule has 0 spiro atoms. The number of nitrogens with zero attached hydrogens (tertiary/aromatic N) is 1. The lowest BCUT2D eigenvalue weighted by atomic mass is 10.4. The van der Waals surface area contributed by atoms with Gasteiger partial charge >= 0.3 is 0 Å². The van der Waals surface area contributed by atoms with Crippen LogP contribution in [0.5, 0.6) is 5.88 Å². The molecule has 1 aromatic rings. The molecule has 1 rings (SSSR count). The molecule has 0 atom stereocenters. The van der Waals surface area contributed by atoms with Crippen LogP contribution in [0.4, 0.5) is 5.69 Å². The molecule has 66 valence electrons. The predicted octanol–water partition coefficient (Wildman–Crippen LogP) is 2.11. The molecule has 2 N–H and O–H groups in total.